The molecular formula is C18H27N5O2. The van der Waals surface area contributed by atoms with Gasteiger partial charge in [-0.2, -0.15) is 4.98 Å². The zero-order chi connectivity index (χ0) is 18.0. The highest BCUT2D eigenvalue weighted by atomic mass is 16.5. The van der Waals surface area contributed by atoms with Crippen LogP contribution >= 0.6 is 0 Å². The number of carbonyl (C=O) groups is 1. The van der Waals surface area contributed by atoms with Crippen LogP contribution in [0, 0.1) is 6.92 Å². The summed E-state index contributed by atoms with van der Waals surface area (Å²) in [5, 5.41) is 7.14. The Labute approximate surface area is 148 Å². The fourth-order valence-electron chi connectivity index (χ4n) is 3.07. The Hall–Kier alpha value is -2.18. The number of carbonyl (C=O) groups excluding carboxylic acids is 1. The van der Waals surface area contributed by atoms with Crippen LogP contribution in [0.5, 0.6) is 0 Å². The van der Waals surface area contributed by atoms with E-state index in [4.69, 9.17) is 4.52 Å². The van der Waals surface area contributed by atoms with Crippen LogP contribution in [0.3, 0.4) is 0 Å². The number of nitrogens with one attached hydrogen (secondary N) is 1. The molecule has 1 aliphatic heterocycles. The molecule has 1 N–H and O–H groups in total. The quantitative estimate of drug-likeness (QED) is 0.899. The van der Waals surface area contributed by atoms with Crippen molar-refractivity contribution in [3.63, 3.8) is 0 Å². The maximum absolute atomic E-state index is 12.2. The number of aromatic nitrogens is 4. The molecular weight excluding hydrogens is 318 g/mol. The van der Waals surface area contributed by atoms with E-state index in [9.17, 15) is 4.79 Å². The van der Waals surface area contributed by atoms with Gasteiger partial charge in [0.1, 0.15) is 5.82 Å². The number of aryl methyl sites for hydroxylation is 3. The molecule has 0 radical (unpaired) electrons. The Bertz CT molecular complexity index is 741. The highest BCUT2D eigenvalue weighted by molar-refractivity contribution is 5.76. The van der Waals surface area contributed by atoms with Gasteiger partial charge in [-0.1, -0.05) is 25.9 Å². The first-order valence-corrected chi connectivity index (χ1v) is 8.96. The molecule has 1 aliphatic rings. The smallest absolute Gasteiger partial charge is 0.226 e. The summed E-state index contributed by atoms with van der Waals surface area (Å²) >= 11 is 0. The minimum absolute atomic E-state index is 0.0841. The van der Waals surface area contributed by atoms with Crippen molar-refractivity contribution >= 4 is 5.91 Å². The molecule has 7 heteroatoms. The van der Waals surface area contributed by atoms with Gasteiger partial charge in [0.05, 0.1) is 5.69 Å². The molecule has 7 nitrogen and oxygen atoms in total. The van der Waals surface area contributed by atoms with Gasteiger partial charge in [0.25, 0.3) is 0 Å². The van der Waals surface area contributed by atoms with Gasteiger partial charge in [-0.3, -0.25) is 4.79 Å². The zero-order valence-electron chi connectivity index (χ0n) is 15.5. The van der Waals surface area contributed by atoms with E-state index in [-0.39, 0.29) is 17.4 Å². The van der Waals surface area contributed by atoms with E-state index in [1.807, 2.05) is 27.7 Å². The summed E-state index contributed by atoms with van der Waals surface area (Å²) in [7, 11) is 0. The third-order valence-electron chi connectivity index (χ3n) is 4.41. The second kappa shape index (κ2) is 6.98. The summed E-state index contributed by atoms with van der Waals surface area (Å²) in [5.74, 6) is 2.52. The Morgan fingerprint density at radius 3 is 2.92 bits per heavy atom. The highest BCUT2D eigenvalue weighted by Crippen LogP contribution is 2.19. The summed E-state index contributed by atoms with van der Waals surface area (Å²) in [5.41, 5.74) is 0.918. The molecule has 0 bridgehead atoms. The van der Waals surface area contributed by atoms with Crippen molar-refractivity contribution < 1.29 is 9.32 Å². The van der Waals surface area contributed by atoms with Crippen LogP contribution in [0.4, 0.5) is 0 Å². The van der Waals surface area contributed by atoms with Crippen LogP contribution in [0.1, 0.15) is 63.3 Å². The van der Waals surface area contributed by atoms with Crippen LogP contribution in [0.25, 0.3) is 0 Å². The van der Waals surface area contributed by atoms with Gasteiger partial charge in [-0.25, -0.2) is 4.98 Å². The van der Waals surface area contributed by atoms with E-state index in [1.165, 1.54) is 0 Å². The fraction of sp³-hybridized carbons (Fsp3) is 0.667. The molecule has 2 aromatic rings. The molecule has 25 heavy (non-hydrogen) atoms. The van der Waals surface area contributed by atoms with Gasteiger partial charge in [0.15, 0.2) is 5.82 Å². The van der Waals surface area contributed by atoms with Crippen LogP contribution in [0.2, 0.25) is 0 Å². The molecule has 0 saturated heterocycles. The van der Waals surface area contributed by atoms with E-state index >= 15 is 0 Å². The second-order valence-corrected chi connectivity index (χ2v) is 7.87. The van der Waals surface area contributed by atoms with Gasteiger partial charge in [0.2, 0.25) is 11.8 Å². The lowest BCUT2D eigenvalue weighted by molar-refractivity contribution is -0.122. The number of hydrogen-bond donors (Lipinski definition) is 1. The molecule has 1 atom stereocenters. The zero-order valence-corrected chi connectivity index (χ0v) is 15.5. The van der Waals surface area contributed by atoms with Crippen molar-refractivity contribution in [3.05, 3.63) is 29.4 Å². The molecule has 2 aromatic heterocycles. The van der Waals surface area contributed by atoms with Gasteiger partial charge in [-0.15, -0.1) is 0 Å². The fourth-order valence-corrected chi connectivity index (χ4v) is 3.07. The average Bonchev–Trinajstić information content (AvgIpc) is 3.12. The van der Waals surface area contributed by atoms with Crippen LogP contribution in [-0.2, 0) is 29.6 Å². The van der Waals surface area contributed by atoms with Crippen LogP contribution in [0.15, 0.2) is 10.7 Å². The topological polar surface area (TPSA) is 85.8 Å². The number of fused-ring (bicyclic) bond motifs is 1. The summed E-state index contributed by atoms with van der Waals surface area (Å²) in [6, 6.07) is 0.185. The third kappa shape index (κ3) is 4.46. The summed E-state index contributed by atoms with van der Waals surface area (Å²) < 4.78 is 7.41. The molecule has 3 heterocycles. The van der Waals surface area contributed by atoms with Gasteiger partial charge >= 0.3 is 0 Å². The van der Waals surface area contributed by atoms with Crippen LogP contribution < -0.4 is 5.32 Å². The maximum atomic E-state index is 12.2. The first-order chi connectivity index (χ1) is 11.8. The number of imidazole rings is 1. The minimum Gasteiger partial charge on any atom is -0.352 e. The number of amides is 1. The first-order valence-electron chi connectivity index (χ1n) is 8.96. The monoisotopic (exact) mass is 345 g/mol. The number of rotatable bonds is 5. The Morgan fingerprint density at radius 1 is 1.40 bits per heavy atom. The Morgan fingerprint density at radius 2 is 2.20 bits per heavy atom. The van der Waals surface area contributed by atoms with Gasteiger partial charge in [0, 0.05) is 43.5 Å². The van der Waals surface area contributed by atoms with E-state index in [0.717, 1.165) is 30.9 Å². The van der Waals surface area contributed by atoms with Crippen LogP contribution in [-0.4, -0.2) is 31.6 Å². The largest absolute Gasteiger partial charge is 0.352 e. The van der Waals surface area contributed by atoms with Crippen molar-refractivity contribution in [2.45, 2.75) is 77.8 Å². The molecule has 0 fully saturated rings. The Balaban J connectivity index is 1.42. The first kappa shape index (κ1) is 17.6. The summed E-state index contributed by atoms with van der Waals surface area (Å²) in [4.78, 5) is 21.1. The lowest BCUT2D eigenvalue weighted by Gasteiger charge is -2.24. The van der Waals surface area contributed by atoms with Gasteiger partial charge < -0.3 is 14.4 Å². The van der Waals surface area contributed by atoms with E-state index < -0.39 is 0 Å². The van der Waals surface area contributed by atoms with E-state index in [2.05, 4.69) is 31.2 Å². The van der Waals surface area contributed by atoms with Crippen molar-refractivity contribution in [3.8, 4) is 0 Å². The van der Waals surface area contributed by atoms with Crippen molar-refractivity contribution in [1.29, 1.82) is 0 Å². The lowest BCUT2D eigenvalue weighted by Crippen LogP contribution is -2.40. The predicted molar refractivity (Wildman–Crippen MR) is 93.2 cm³/mol. The van der Waals surface area contributed by atoms with Crippen molar-refractivity contribution in [2.75, 3.05) is 0 Å². The third-order valence-corrected chi connectivity index (χ3v) is 4.41. The molecule has 0 saturated carbocycles. The average molecular weight is 345 g/mol. The van der Waals surface area contributed by atoms with E-state index in [1.54, 1.807) is 0 Å². The van der Waals surface area contributed by atoms with Gasteiger partial charge in [-0.05, 0) is 19.8 Å². The second-order valence-electron chi connectivity index (χ2n) is 7.87. The molecule has 0 spiro atoms. The number of hydrogen-bond acceptors (Lipinski definition) is 5. The standard InChI is InChI=1S/C18H27N5O2/c1-12-10-23-11-13(8-9-14(23)19-12)20-15(24)6-5-7-16-21-17(22-25-16)18(2,3)4/h10,13H,5-9,11H2,1-4H3,(H,20,24). The molecule has 136 valence electrons. The van der Waals surface area contributed by atoms with E-state index in [0.29, 0.717) is 31.0 Å². The summed E-state index contributed by atoms with van der Waals surface area (Å²) in [6.07, 6.45) is 5.72. The molecule has 0 aromatic carbocycles. The summed E-state index contributed by atoms with van der Waals surface area (Å²) in [6.45, 7) is 8.95. The normalized spacial score (nSPS) is 17.4. The Kier molecular flexibility index (Phi) is 4.92. The molecule has 3 rings (SSSR count). The number of nitrogens with zero attached hydrogens (tertiary/aromatic N) is 4. The molecule has 0 aliphatic carbocycles. The predicted octanol–water partition coefficient (Wildman–Crippen LogP) is 2.33. The SMILES string of the molecule is Cc1cn2c(n1)CCC(NC(=O)CCCc1nc(C(C)(C)C)no1)C2. The van der Waals surface area contributed by atoms with Crippen molar-refractivity contribution in [2.24, 2.45) is 0 Å². The molecule has 1 amide bonds. The molecule has 1 unspecified atom stereocenters. The maximum Gasteiger partial charge on any atom is 0.226 e. The minimum atomic E-state index is -0.120. The lowest BCUT2D eigenvalue weighted by atomic mass is 9.96. The highest BCUT2D eigenvalue weighted by Gasteiger charge is 2.22. The van der Waals surface area contributed by atoms with Crippen molar-refractivity contribution in [1.82, 2.24) is 25.0 Å².